The van der Waals surface area contributed by atoms with Gasteiger partial charge in [-0.25, -0.2) is 0 Å². The molecular weight excluding hydrogens is 268 g/mol. The minimum atomic E-state index is -0.156. The summed E-state index contributed by atoms with van der Waals surface area (Å²) in [6.07, 6.45) is 5.20. The Morgan fingerprint density at radius 1 is 1.55 bits per heavy atom. The first kappa shape index (κ1) is 15.5. The van der Waals surface area contributed by atoms with Gasteiger partial charge in [0.2, 0.25) is 5.91 Å². The molecule has 4 heteroatoms. The highest BCUT2D eigenvalue weighted by molar-refractivity contribution is 7.09. The Hall–Kier alpha value is -0.870. The Balaban J connectivity index is 1.95. The van der Waals surface area contributed by atoms with Gasteiger partial charge in [-0.05, 0) is 43.7 Å². The van der Waals surface area contributed by atoms with E-state index >= 15 is 0 Å². The highest BCUT2D eigenvalue weighted by Gasteiger charge is 2.40. The third-order valence-electron chi connectivity index (χ3n) is 4.27. The molecular formula is C16H26N2OS. The van der Waals surface area contributed by atoms with Crippen LogP contribution in [0.4, 0.5) is 0 Å². The zero-order chi connectivity index (χ0) is 14.4. The van der Waals surface area contributed by atoms with Crippen molar-refractivity contribution in [2.24, 2.45) is 5.41 Å². The molecule has 1 N–H and O–H groups in total. The van der Waals surface area contributed by atoms with Gasteiger partial charge in [-0.1, -0.05) is 19.4 Å². The quantitative estimate of drug-likeness (QED) is 0.875. The van der Waals surface area contributed by atoms with Crippen LogP contribution in [0.1, 0.15) is 37.5 Å². The second kappa shape index (κ2) is 7.23. The normalized spacial score (nSPS) is 22.7. The molecule has 2 heterocycles. The minimum Gasteiger partial charge on any atom is -0.345 e. The van der Waals surface area contributed by atoms with Crippen molar-refractivity contribution in [2.45, 2.75) is 39.0 Å². The van der Waals surface area contributed by atoms with Crippen LogP contribution >= 0.6 is 11.3 Å². The van der Waals surface area contributed by atoms with Crippen LogP contribution in [-0.2, 0) is 11.2 Å². The first-order chi connectivity index (χ1) is 9.68. The summed E-state index contributed by atoms with van der Waals surface area (Å²) in [5.41, 5.74) is -0.156. The van der Waals surface area contributed by atoms with Crippen molar-refractivity contribution < 1.29 is 4.79 Å². The Morgan fingerprint density at radius 3 is 3.00 bits per heavy atom. The van der Waals surface area contributed by atoms with Crippen LogP contribution in [0, 0.1) is 5.41 Å². The highest BCUT2D eigenvalue weighted by Crippen LogP contribution is 2.33. The number of nitrogens with one attached hydrogen (secondary N) is 1. The molecule has 1 aliphatic heterocycles. The number of piperidine rings is 1. The maximum Gasteiger partial charge on any atom is 0.229 e. The van der Waals surface area contributed by atoms with E-state index in [1.165, 1.54) is 4.88 Å². The number of likely N-dealkylation sites (N-methyl/N-ethyl adjacent to an activating group) is 1. The number of carbonyl (C=O) groups excluding carboxylic acids is 1. The van der Waals surface area contributed by atoms with Crippen molar-refractivity contribution in [1.82, 2.24) is 10.2 Å². The number of amides is 1. The van der Waals surface area contributed by atoms with Crippen molar-refractivity contribution in [1.29, 1.82) is 0 Å². The van der Waals surface area contributed by atoms with Crippen LogP contribution in [0.25, 0.3) is 0 Å². The van der Waals surface area contributed by atoms with Gasteiger partial charge in [0.05, 0.1) is 5.41 Å². The van der Waals surface area contributed by atoms with Gasteiger partial charge in [0.1, 0.15) is 0 Å². The van der Waals surface area contributed by atoms with E-state index in [0.717, 1.165) is 51.7 Å². The molecule has 0 bridgehead atoms. The molecule has 1 aromatic heterocycles. The van der Waals surface area contributed by atoms with Crippen molar-refractivity contribution >= 4 is 17.2 Å². The molecule has 1 amide bonds. The van der Waals surface area contributed by atoms with E-state index < -0.39 is 0 Å². The lowest BCUT2D eigenvalue weighted by Crippen LogP contribution is -2.51. The molecule has 0 saturated carbocycles. The fourth-order valence-corrected chi connectivity index (χ4v) is 3.89. The van der Waals surface area contributed by atoms with Gasteiger partial charge in [-0.3, -0.25) is 4.79 Å². The Labute approximate surface area is 126 Å². The van der Waals surface area contributed by atoms with Crippen molar-refractivity contribution in [3.05, 3.63) is 22.4 Å². The summed E-state index contributed by atoms with van der Waals surface area (Å²) in [7, 11) is 1.96. The number of rotatable bonds is 6. The third kappa shape index (κ3) is 3.61. The first-order valence-electron chi connectivity index (χ1n) is 7.66. The Kier molecular flexibility index (Phi) is 5.61. The Bertz CT molecular complexity index is 405. The molecule has 2 rings (SSSR count). The van der Waals surface area contributed by atoms with Gasteiger partial charge in [0.25, 0.3) is 0 Å². The summed E-state index contributed by atoms with van der Waals surface area (Å²) in [5, 5.41) is 5.52. The third-order valence-corrected chi connectivity index (χ3v) is 5.21. The monoisotopic (exact) mass is 294 g/mol. The average Bonchev–Trinajstić information content (AvgIpc) is 2.98. The number of carbonyl (C=O) groups is 1. The molecule has 0 aromatic carbocycles. The lowest BCUT2D eigenvalue weighted by atomic mass is 9.76. The van der Waals surface area contributed by atoms with Gasteiger partial charge in [0.15, 0.2) is 0 Å². The zero-order valence-electron chi connectivity index (χ0n) is 12.7. The van der Waals surface area contributed by atoms with E-state index in [1.54, 1.807) is 11.3 Å². The van der Waals surface area contributed by atoms with E-state index in [1.807, 2.05) is 11.9 Å². The molecule has 0 radical (unpaired) electrons. The van der Waals surface area contributed by atoms with Crippen LogP contribution in [0.5, 0.6) is 0 Å². The minimum absolute atomic E-state index is 0.156. The molecule has 0 spiro atoms. The van der Waals surface area contributed by atoms with E-state index in [0.29, 0.717) is 5.91 Å². The predicted molar refractivity (Wildman–Crippen MR) is 85.1 cm³/mol. The summed E-state index contributed by atoms with van der Waals surface area (Å²) < 4.78 is 0. The SMILES string of the molecule is CCCC1(C(=O)N(C)CCc2cccs2)CCCNC1. The zero-order valence-corrected chi connectivity index (χ0v) is 13.5. The van der Waals surface area contributed by atoms with Crippen molar-refractivity contribution in [2.75, 3.05) is 26.7 Å². The fraction of sp³-hybridized carbons (Fsp3) is 0.688. The maximum absolute atomic E-state index is 12.9. The Morgan fingerprint density at radius 2 is 2.40 bits per heavy atom. The van der Waals surface area contributed by atoms with Gasteiger partial charge >= 0.3 is 0 Å². The number of nitrogens with zero attached hydrogens (tertiary/aromatic N) is 1. The highest BCUT2D eigenvalue weighted by atomic mass is 32.1. The summed E-state index contributed by atoms with van der Waals surface area (Å²) in [4.78, 5) is 16.2. The first-order valence-corrected chi connectivity index (χ1v) is 8.54. The summed E-state index contributed by atoms with van der Waals surface area (Å²) >= 11 is 1.77. The lowest BCUT2D eigenvalue weighted by Gasteiger charge is -2.39. The average molecular weight is 294 g/mol. The number of thiophene rings is 1. The van der Waals surface area contributed by atoms with Gasteiger partial charge in [-0.15, -0.1) is 11.3 Å². The van der Waals surface area contributed by atoms with Crippen LogP contribution < -0.4 is 5.32 Å². The maximum atomic E-state index is 12.9. The largest absolute Gasteiger partial charge is 0.345 e. The molecule has 1 fully saturated rings. The topological polar surface area (TPSA) is 32.3 Å². The van der Waals surface area contributed by atoms with Crippen LogP contribution in [0.3, 0.4) is 0 Å². The second-order valence-corrected chi connectivity index (χ2v) is 6.90. The van der Waals surface area contributed by atoms with Gasteiger partial charge < -0.3 is 10.2 Å². The van der Waals surface area contributed by atoms with Gasteiger partial charge in [0, 0.05) is 25.0 Å². The van der Waals surface area contributed by atoms with Crippen molar-refractivity contribution in [3.63, 3.8) is 0 Å². The molecule has 1 unspecified atom stereocenters. The predicted octanol–water partition coefficient (Wildman–Crippen LogP) is 2.92. The van der Waals surface area contributed by atoms with Crippen LogP contribution in [0.2, 0.25) is 0 Å². The molecule has 1 saturated heterocycles. The number of hydrogen-bond donors (Lipinski definition) is 1. The van der Waals surface area contributed by atoms with Crippen LogP contribution in [-0.4, -0.2) is 37.5 Å². The molecule has 0 aliphatic carbocycles. The molecule has 112 valence electrons. The molecule has 1 atom stereocenters. The van der Waals surface area contributed by atoms with Crippen molar-refractivity contribution in [3.8, 4) is 0 Å². The standard InChI is InChI=1S/C16H26N2OS/c1-3-8-16(9-5-10-17-13-16)15(19)18(2)11-7-14-6-4-12-20-14/h4,6,12,17H,3,5,7-11,13H2,1-2H3. The van der Waals surface area contributed by atoms with E-state index in [2.05, 4.69) is 29.8 Å². The van der Waals surface area contributed by atoms with E-state index in [9.17, 15) is 4.79 Å². The van der Waals surface area contributed by atoms with Gasteiger partial charge in [-0.2, -0.15) is 0 Å². The molecule has 1 aromatic rings. The molecule has 20 heavy (non-hydrogen) atoms. The fourth-order valence-electron chi connectivity index (χ4n) is 3.19. The smallest absolute Gasteiger partial charge is 0.229 e. The molecule has 1 aliphatic rings. The second-order valence-electron chi connectivity index (χ2n) is 5.87. The summed E-state index contributed by atoms with van der Waals surface area (Å²) in [5.74, 6) is 0.336. The lowest BCUT2D eigenvalue weighted by molar-refractivity contribution is -0.142. The van der Waals surface area contributed by atoms with Crippen LogP contribution in [0.15, 0.2) is 17.5 Å². The van der Waals surface area contributed by atoms with E-state index in [4.69, 9.17) is 0 Å². The molecule has 3 nitrogen and oxygen atoms in total. The summed E-state index contributed by atoms with van der Waals surface area (Å²) in [6, 6.07) is 4.22. The number of hydrogen-bond acceptors (Lipinski definition) is 3. The van der Waals surface area contributed by atoms with E-state index in [-0.39, 0.29) is 5.41 Å². The summed E-state index contributed by atoms with van der Waals surface area (Å²) in [6.45, 7) is 4.90.